The van der Waals surface area contributed by atoms with Crippen molar-refractivity contribution in [2.45, 2.75) is 66.8 Å². The normalized spacial score (nSPS) is 15.9. The minimum Gasteiger partial charge on any atom is -0.353 e. The Bertz CT molecular complexity index is 193. The lowest BCUT2D eigenvalue weighted by molar-refractivity contribution is -0.120. The molecule has 2 heteroatoms. The zero-order valence-corrected chi connectivity index (χ0v) is 11.2. The van der Waals surface area contributed by atoms with Crippen LogP contribution in [-0.4, -0.2) is 11.9 Å². The zero-order valence-electron chi connectivity index (χ0n) is 11.2. The van der Waals surface area contributed by atoms with Crippen LogP contribution in [-0.2, 0) is 4.79 Å². The van der Waals surface area contributed by atoms with Gasteiger partial charge in [0.15, 0.2) is 0 Å². The molecule has 0 rings (SSSR count). The fraction of sp³-hybridized carbons (Fsp3) is 0.923. The van der Waals surface area contributed by atoms with Gasteiger partial charge in [0.25, 0.3) is 0 Å². The van der Waals surface area contributed by atoms with Crippen molar-refractivity contribution in [2.75, 3.05) is 0 Å². The van der Waals surface area contributed by atoms with Crippen LogP contribution in [0.2, 0.25) is 0 Å². The molecule has 0 spiro atoms. The van der Waals surface area contributed by atoms with Gasteiger partial charge >= 0.3 is 0 Å². The summed E-state index contributed by atoms with van der Waals surface area (Å²) in [5.74, 6) is 0.597. The third-order valence-electron chi connectivity index (χ3n) is 3.23. The van der Waals surface area contributed by atoms with E-state index >= 15 is 0 Å². The van der Waals surface area contributed by atoms with Crippen LogP contribution in [0.1, 0.15) is 60.8 Å². The fourth-order valence-electron chi connectivity index (χ4n) is 1.74. The van der Waals surface area contributed by atoms with E-state index in [1.807, 2.05) is 0 Å². The number of carbonyl (C=O) groups is 1. The molecule has 90 valence electrons. The molecular weight excluding hydrogens is 186 g/mol. The number of rotatable bonds is 5. The van der Waals surface area contributed by atoms with Crippen molar-refractivity contribution < 1.29 is 4.79 Å². The van der Waals surface area contributed by atoms with Crippen molar-refractivity contribution >= 4 is 5.91 Å². The second kappa shape index (κ2) is 6.14. The Hall–Kier alpha value is -0.530. The molecule has 0 aliphatic rings. The molecule has 2 unspecified atom stereocenters. The van der Waals surface area contributed by atoms with Gasteiger partial charge in [-0.2, -0.15) is 0 Å². The molecule has 0 saturated heterocycles. The van der Waals surface area contributed by atoms with Gasteiger partial charge in [0.05, 0.1) is 0 Å². The lowest BCUT2D eigenvalue weighted by atomic mass is 9.76. The van der Waals surface area contributed by atoms with E-state index in [0.717, 1.165) is 6.42 Å². The van der Waals surface area contributed by atoms with Crippen LogP contribution in [0.3, 0.4) is 0 Å². The van der Waals surface area contributed by atoms with Gasteiger partial charge in [-0.15, -0.1) is 0 Å². The van der Waals surface area contributed by atoms with Gasteiger partial charge < -0.3 is 5.32 Å². The molecule has 0 fully saturated rings. The highest BCUT2D eigenvalue weighted by molar-refractivity contribution is 5.73. The molecule has 0 saturated carbocycles. The average molecular weight is 213 g/mol. The summed E-state index contributed by atoms with van der Waals surface area (Å²) in [5, 5.41) is 3.08. The summed E-state index contributed by atoms with van der Waals surface area (Å²) in [6, 6.07) is 0.322. The number of amides is 1. The second-order valence-corrected chi connectivity index (χ2v) is 5.60. The molecule has 1 amide bonds. The monoisotopic (exact) mass is 213 g/mol. The van der Waals surface area contributed by atoms with Crippen LogP contribution in [0.5, 0.6) is 0 Å². The maximum Gasteiger partial charge on any atom is 0.217 e. The highest BCUT2D eigenvalue weighted by Gasteiger charge is 2.28. The highest BCUT2D eigenvalue weighted by Crippen LogP contribution is 2.30. The standard InChI is InChI=1S/C13H27NO/c1-7-8-9-12(14-11(3)15)10(2)13(4,5)6/h10,12H,7-9H2,1-6H3,(H,14,15). The van der Waals surface area contributed by atoms with Crippen LogP contribution >= 0.6 is 0 Å². The minimum atomic E-state index is 0.0900. The Morgan fingerprint density at radius 2 is 1.87 bits per heavy atom. The first-order valence-electron chi connectivity index (χ1n) is 6.06. The van der Waals surface area contributed by atoms with Crippen LogP contribution in [0.25, 0.3) is 0 Å². The van der Waals surface area contributed by atoms with Crippen LogP contribution in [0.4, 0.5) is 0 Å². The summed E-state index contributed by atoms with van der Waals surface area (Å²) in [5.41, 5.74) is 0.251. The van der Waals surface area contributed by atoms with E-state index < -0.39 is 0 Å². The predicted molar refractivity (Wildman–Crippen MR) is 65.7 cm³/mol. The van der Waals surface area contributed by atoms with E-state index in [-0.39, 0.29) is 11.3 Å². The number of hydrogen-bond donors (Lipinski definition) is 1. The number of nitrogens with one attached hydrogen (secondary N) is 1. The van der Waals surface area contributed by atoms with Gasteiger partial charge in [0.1, 0.15) is 0 Å². The molecule has 0 aromatic carbocycles. The van der Waals surface area contributed by atoms with E-state index in [2.05, 4.69) is 39.9 Å². The van der Waals surface area contributed by atoms with Gasteiger partial charge in [-0.1, -0.05) is 47.5 Å². The number of unbranched alkanes of at least 4 members (excludes halogenated alkanes) is 1. The Labute approximate surface area is 94.8 Å². The number of carbonyl (C=O) groups excluding carboxylic acids is 1. The smallest absolute Gasteiger partial charge is 0.217 e. The minimum absolute atomic E-state index is 0.0900. The van der Waals surface area contributed by atoms with E-state index in [4.69, 9.17) is 0 Å². The summed E-state index contributed by atoms with van der Waals surface area (Å²) in [6.45, 7) is 12.7. The summed E-state index contributed by atoms with van der Waals surface area (Å²) in [6.07, 6.45) is 3.47. The first-order chi connectivity index (χ1) is 6.79. The summed E-state index contributed by atoms with van der Waals surface area (Å²) in [4.78, 5) is 11.1. The van der Waals surface area contributed by atoms with Gasteiger partial charge in [-0.25, -0.2) is 0 Å². The largest absolute Gasteiger partial charge is 0.353 e. The molecule has 2 nitrogen and oxygen atoms in total. The Morgan fingerprint density at radius 1 is 1.33 bits per heavy atom. The quantitative estimate of drug-likeness (QED) is 0.745. The van der Waals surface area contributed by atoms with Gasteiger partial charge in [0, 0.05) is 13.0 Å². The molecular formula is C13H27NO. The first kappa shape index (κ1) is 14.5. The molecule has 1 N–H and O–H groups in total. The molecule has 2 atom stereocenters. The van der Waals surface area contributed by atoms with Crippen molar-refractivity contribution in [3.8, 4) is 0 Å². The van der Waals surface area contributed by atoms with E-state index in [9.17, 15) is 4.79 Å². The van der Waals surface area contributed by atoms with Crippen molar-refractivity contribution in [2.24, 2.45) is 11.3 Å². The molecule has 15 heavy (non-hydrogen) atoms. The van der Waals surface area contributed by atoms with Crippen LogP contribution in [0, 0.1) is 11.3 Å². The Morgan fingerprint density at radius 3 is 2.20 bits per heavy atom. The predicted octanol–water partition coefficient (Wildman–Crippen LogP) is 3.36. The van der Waals surface area contributed by atoms with Crippen molar-refractivity contribution in [3.05, 3.63) is 0 Å². The van der Waals surface area contributed by atoms with Crippen molar-refractivity contribution in [1.29, 1.82) is 0 Å². The summed E-state index contributed by atoms with van der Waals surface area (Å²) in [7, 11) is 0. The van der Waals surface area contributed by atoms with Crippen LogP contribution < -0.4 is 5.32 Å². The second-order valence-electron chi connectivity index (χ2n) is 5.60. The Balaban J connectivity index is 4.40. The summed E-state index contributed by atoms with van der Waals surface area (Å²) < 4.78 is 0. The average Bonchev–Trinajstić information content (AvgIpc) is 2.09. The van der Waals surface area contributed by atoms with E-state index in [1.165, 1.54) is 12.8 Å². The molecule has 0 bridgehead atoms. The third-order valence-corrected chi connectivity index (χ3v) is 3.23. The lowest BCUT2D eigenvalue weighted by Crippen LogP contribution is -2.42. The highest BCUT2D eigenvalue weighted by atomic mass is 16.1. The molecule has 0 aromatic rings. The molecule has 0 radical (unpaired) electrons. The lowest BCUT2D eigenvalue weighted by Gasteiger charge is -2.34. The molecule has 0 aromatic heterocycles. The fourth-order valence-corrected chi connectivity index (χ4v) is 1.74. The topological polar surface area (TPSA) is 29.1 Å². The SMILES string of the molecule is CCCCC(NC(C)=O)C(C)C(C)(C)C. The van der Waals surface area contributed by atoms with Crippen LogP contribution in [0.15, 0.2) is 0 Å². The summed E-state index contributed by atoms with van der Waals surface area (Å²) >= 11 is 0. The molecule has 0 aliphatic heterocycles. The zero-order chi connectivity index (χ0) is 12.1. The van der Waals surface area contributed by atoms with Gasteiger partial charge in [0.2, 0.25) is 5.91 Å². The van der Waals surface area contributed by atoms with Gasteiger partial charge in [-0.3, -0.25) is 4.79 Å². The molecule has 0 aliphatic carbocycles. The molecule has 0 heterocycles. The maximum absolute atomic E-state index is 11.1. The van der Waals surface area contributed by atoms with Gasteiger partial charge in [-0.05, 0) is 17.8 Å². The van der Waals surface area contributed by atoms with E-state index in [1.54, 1.807) is 6.92 Å². The van der Waals surface area contributed by atoms with Crippen molar-refractivity contribution in [3.63, 3.8) is 0 Å². The Kier molecular flexibility index (Phi) is 5.92. The first-order valence-corrected chi connectivity index (χ1v) is 6.06. The van der Waals surface area contributed by atoms with Crippen molar-refractivity contribution in [1.82, 2.24) is 5.32 Å². The number of hydrogen-bond acceptors (Lipinski definition) is 1. The van der Waals surface area contributed by atoms with E-state index in [0.29, 0.717) is 12.0 Å². The maximum atomic E-state index is 11.1. The third kappa shape index (κ3) is 5.81.